The molecular formula is C19H16ClN5O3S. The number of aromatic nitrogens is 4. The first kappa shape index (κ1) is 19.2. The number of ether oxygens (including phenoxy) is 2. The van der Waals surface area contributed by atoms with E-state index >= 15 is 0 Å². The molecule has 0 aliphatic rings. The average Bonchev–Trinajstić information content (AvgIpc) is 3.31. The molecule has 4 aromatic rings. The van der Waals surface area contributed by atoms with Crippen LogP contribution in [0.4, 0.5) is 5.69 Å². The van der Waals surface area contributed by atoms with Crippen molar-refractivity contribution in [2.24, 2.45) is 0 Å². The van der Waals surface area contributed by atoms with Crippen LogP contribution in [0.2, 0.25) is 5.02 Å². The lowest BCUT2D eigenvalue weighted by Gasteiger charge is -2.12. The van der Waals surface area contributed by atoms with Crippen LogP contribution in [0.25, 0.3) is 15.5 Å². The number of nitrogens with one attached hydrogen (secondary N) is 1. The van der Waals surface area contributed by atoms with Gasteiger partial charge in [0.25, 0.3) is 5.91 Å². The molecule has 2 aromatic heterocycles. The van der Waals surface area contributed by atoms with E-state index in [1.807, 2.05) is 13.0 Å². The number of hydrogen-bond acceptors (Lipinski definition) is 7. The summed E-state index contributed by atoms with van der Waals surface area (Å²) in [7, 11) is 1.54. The van der Waals surface area contributed by atoms with E-state index in [0.29, 0.717) is 27.2 Å². The first-order valence-electron chi connectivity index (χ1n) is 8.57. The van der Waals surface area contributed by atoms with Crippen molar-refractivity contribution >= 4 is 39.5 Å². The molecule has 0 aliphatic heterocycles. The molecule has 0 unspecified atom stereocenters. The van der Waals surface area contributed by atoms with Gasteiger partial charge in [-0.15, -0.1) is 10.2 Å². The van der Waals surface area contributed by atoms with Crippen molar-refractivity contribution in [3.8, 4) is 22.1 Å². The molecule has 0 spiro atoms. The lowest BCUT2D eigenvalue weighted by atomic mass is 10.2. The lowest BCUT2D eigenvalue weighted by Crippen LogP contribution is -2.20. The minimum absolute atomic E-state index is 0.148. The number of amides is 1. The highest BCUT2D eigenvalue weighted by molar-refractivity contribution is 7.19. The van der Waals surface area contributed by atoms with E-state index in [4.69, 9.17) is 21.1 Å². The van der Waals surface area contributed by atoms with Crippen LogP contribution in [0.15, 0.2) is 42.7 Å². The number of benzene rings is 2. The molecule has 4 rings (SSSR count). The minimum Gasteiger partial charge on any atom is -0.495 e. The number of aryl methyl sites for hydroxylation is 1. The molecule has 0 aliphatic carbocycles. The van der Waals surface area contributed by atoms with Crippen molar-refractivity contribution in [1.29, 1.82) is 0 Å². The first-order chi connectivity index (χ1) is 14.0. The van der Waals surface area contributed by atoms with Crippen LogP contribution in [0.3, 0.4) is 0 Å². The van der Waals surface area contributed by atoms with Crippen molar-refractivity contribution in [2.75, 3.05) is 19.0 Å². The summed E-state index contributed by atoms with van der Waals surface area (Å²) in [4.78, 5) is 13.1. The fourth-order valence-electron chi connectivity index (χ4n) is 2.66. The van der Waals surface area contributed by atoms with Crippen LogP contribution in [0, 0.1) is 6.92 Å². The number of rotatable bonds is 6. The van der Waals surface area contributed by atoms with Gasteiger partial charge in [0, 0.05) is 10.6 Å². The van der Waals surface area contributed by atoms with Crippen LogP contribution in [-0.2, 0) is 4.79 Å². The second kappa shape index (κ2) is 8.06. The highest BCUT2D eigenvalue weighted by Crippen LogP contribution is 2.32. The monoisotopic (exact) mass is 429 g/mol. The Morgan fingerprint density at radius 1 is 1.28 bits per heavy atom. The van der Waals surface area contributed by atoms with E-state index < -0.39 is 0 Å². The summed E-state index contributed by atoms with van der Waals surface area (Å²) in [5.41, 5.74) is 2.23. The smallest absolute Gasteiger partial charge is 0.262 e. The number of anilines is 1. The van der Waals surface area contributed by atoms with Crippen molar-refractivity contribution in [1.82, 2.24) is 19.8 Å². The van der Waals surface area contributed by atoms with E-state index in [0.717, 1.165) is 16.1 Å². The zero-order chi connectivity index (χ0) is 20.4. The van der Waals surface area contributed by atoms with E-state index in [9.17, 15) is 4.79 Å². The molecule has 0 fully saturated rings. The molecular weight excluding hydrogens is 414 g/mol. The van der Waals surface area contributed by atoms with Crippen molar-refractivity contribution in [3.05, 3.63) is 53.3 Å². The summed E-state index contributed by atoms with van der Waals surface area (Å²) in [6.07, 6.45) is 1.54. The third kappa shape index (κ3) is 4.15. The summed E-state index contributed by atoms with van der Waals surface area (Å²) < 4.78 is 12.5. The summed E-state index contributed by atoms with van der Waals surface area (Å²) >= 11 is 7.40. The predicted molar refractivity (Wildman–Crippen MR) is 111 cm³/mol. The van der Waals surface area contributed by atoms with Crippen molar-refractivity contribution in [2.45, 2.75) is 6.92 Å². The third-order valence-corrected chi connectivity index (χ3v) is 5.49. The number of carbonyl (C=O) groups is 1. The van der Waals surface area contributed by atoms with Crippen molar-refractivity contribution in [3.63, 3.8) is 0 Å². The molecule has 8 nitrogen and oxygen atoms in total. The zero-order valence-corrected chi connectivity index (χ0v) is 17.1. The van der Waals surface area contributed by atoms with E-state index in [2.05, 4.69) is 20.6 Å². The number of fused-ring (bicyclic) bond motifs is 1. The Labute approximate surface area is 175 Å². The van der Waals surface area contributed by atoms with Crippen molar-refractivity contribution < 1.29 is 14.3 Å². The number of halogens is 1. The van der Waals surface area contributed by atoms with Gasteiger partial charge in [-0.3, -0.25) is 4.79 Å². The molecule has 0 radical (unpaired) electrons. The standard InChI is InChI=1S/C19H16ClN5O3S/c1-11-7-13(4-5-14(11)20)28-9-17(26)22-15-8-12(3-6-16(15)27-2)18-24-25-10-21-23-19(25)29-18/h3-8,10H,9H2,1-2H3,(H,22,26). The van der Waals surface area contributed by atoms with Crippen LogP contribution in [0.5, 0.6) is 11.5 Å². The Balaban J connectivity index is 1.49. The lowest BCUT2D eigenvalue weighted by molar-refractivity contribution is -0.118. The zero-order valence-electron chi connectivity index (χ0n) is 15.5. The van der Waals surface area contributed by atoms with Crippen LogP contribution in [0.1, 0.15) is 5.56 Å². The predicted octanol–water partition coefficient (Wildman–Crippen LogP) is 3.84. The molecule has 1 N–H and O–H groups in total. The summed E-state index contributed by atoms with van der Waals surface area (Å²) in [6.45, 7) is 1.72. The normalized spacial score (nSPS) is 10.9. The van der Waals surface area contributed by atoms with Gasteiger partial charge in [-0.2, -0.15) is 9.61 Å². The molecule has 0 bridgehead atoms. The molecule has 10 heteroatoms. The summed E-state index contributed by atoms with van der Waals surface area (Å²) in [5, 5.41) is 16.4. The maximum Gasteiger partial charge on any atom is 0.262 e. The molecule has 2 aromatic carbocycles. The Morgan fingerprint density at radius 3 is 2.90 bits per heavy atom. The fraction of sp³-hybridized carbons (Fsp3) is 0.158. The number of methoxy groups -OCH3 is 1. The Hall–Kier alpha value is -3.17. The van der Waals surface area contributed by atoms with Gasteiger partial charge < -0.3 is 14.8 Å². The van der Waals surface area contributed by atoms with Gasteiger partial charge in [0.05, 0.1) is 12.8 Å². The second-order valence-electron chi connectivity index (χ2n) is 6.13. The maximum absolute atomic E-state index is 12.4. The molecule has 0 saturated heterocycles. The largest absolute Gasteiger partial charge is 0.495 e. The van der Waals surface area contributed by atoms with Crippen LogP contribution >= 0.6 is 22.9 Å². The van der Waals surface area contributed by atoms with Crippen LogP contribution < -0.4 is 14.8 Å². The van der Waals surface area contributed by atoms with Gasteiger partial charge in [-0.05, 0) is 48.9 Å². The van der Waals surface area contributed by atoms with E-state index in [-0.39, 0.29) is 12.5 Å². The molecule has 2 heterocycles. The SMILES string of the molecule is COc1ccc(-c2nn3cnnc3s2)cc1NC(=O)COc1ccc(Cl)c(C)c1. The van der Waals surface area contributed by atoms with Gasteiger partial charge in [-0.1, -0.05) is 22.9 Å². The molecule has 0 saturated carbocycles. The third-order valence-electron chi connectivity index (χ3n) is 4.11. The summed E-state index contributed by atoms with van der Waals surface area (Å²) in [5.74, 6) is 0.793. The first-order valence-corrected chi connectivity index (χ1v) is 9.77. The van der Waals surface area contributed by atoms with Gasteiger partial charge >= 0.3 is 0 Å². The van der Waals surface area contributed by atoms with E-state index in [1.165, 1.54) is 17.7 Å². The van der Waals surface area contributed by atoms with E-state index in [1.54, 1.807) is 42.0 Å². The van der Waals surface area contributed by atoms with Crippen LogP contribution in [-0.4, -0.2) is 39.4 Å². The topological polar surface area (TPSA) is 90.6 Å². The molecule has 148 valence electrons. The highest BCUT2D eigenvalue weighted by atomic mass is 35.5. The maximum atomic E-state index is 12.4. The molecule has 29 heavy (non-hydrogen) atoms. The second-order valence-corrected chi connectivity index (χ2v) is 7.49. The number of nitrogens with zero attached hydrogens (tertiary/aromatic N) is 4. The van der Waals surface area contributed by atoms with Gasteiger partial charge in [0.2, 0.25) is 4.96 Å². The highest BCUT2D eigenvalue weighted by Gasteiger charge is 2.13. The quantitative estimate of drug-likeness (QED) is 0.500. The Bertz CT molecular complexity index is 1160. The number of hydrogen-bond donors (Lipinski definition) is 1. The minimum atomic E-state index is -0.314. The fourth-order valence-corrected chi connectivity index (χ4v) is 3.59. The Kier molecular flexibility index (Phi) is 5.32. The van der Waals surface area contributed by atoms with Gasteiger partial charge in [0.1, 0.15) is 22.8 Å². The number of carbonyl (C=O) groups excluding carboxylic acids is 1. The van der Waals surface area contributed by atoms with Gasteiger partial charge in [0.15, 0.2) is 6.61 Å². The molecule has 1 amide bonds. The molecule has 0 atom stereocenters. The average molecular weight is 430 g/mol. The Morgan fingerprint density at radius 2 is 2.14 bits per heavy atom. The van der Waals surface area contributed by atoms with Gasteiger partial charge in [-0.25, -0.2) is 0 Å². The summed E-state index contributed by atoms with van der Waals surface area (Å²) in [6, 6.07) is 10.7.